The van der Waals surface area contributed by atoms with Gasteiger partial charge >= 0.3 is 0 Å². The minimum Gasteiger partial charge on any atom is -0.301 e. The summed E-state index contributed by atoms with van der Waals surface area (Å²) in [7, 11) is -3.55. The molecule has 1 aromatic rings. The second-order valence-electron chi connectivity index (χ2n) is 4.45. The van der Waals surface area contributed by atoms with E-state index in [1.54, 1.807) is 12.1 Å². The molecule has 1 aromatic carbocycles. The molecule has 6 heteroatoms. The molecular weight excluding hydrogens is 262 g/mol. The van der Waals surface area contributed by atoms with Gasteiger partial charge < -0.3 is 4.90 Å². The molecule has 0 spiro atoms. The van der Waals surface area contributed by atoms with Crippen molar-refractivity contribution in [3.63, 3.8) is 0 Å². The SMILES string of the molecule is CCN1CCN(S(=O)(=O)c2ccccc2C#N)CC1. The number of sulfonamides is 1. The lowest BCUT2D eigenvalue weighted by Crippen LogP contribution is -2.48. The summed E-state index contributed by atoms with van der Waals surface area (Å²) < 4.78 is 26.5. The zero-order chi connectivity index (χ0) is 13.9. The molecule has 1 saturated heterocycles. The Balaban J connectivity index is 2.27. The maximum absolute atomic E-state index is 12.5. The van der Waals surface area contributed by atoms with Gasteiger partial charge in [-0.2, -0.15) is 9.57 Å². The number of hydrogen-bond donors (Lipinski definition) is 0. The van der Waals surface area contributed by atoms with Crippen molar-refractivity contribution in [2.45, 2.75) is 11.8 Å². The first-order valence-corrected chi connectivity index (χ1v) is 7.75. The monoisotopic (exact) mass is 279 g/mol. The number of benzene rings is 1. The summed E-state index contributed by atoms with van der Waals surface area (Å²) in [6.45, 7) is 5.44. The fraction of sp³-hybridized carbons (Fsp3) is 0.462. The summed E-state index contributed by atoms with van der Waals surface area (Å²) in [5.74, 6) is 0. The van der Waals surface area contributed by atoms with E-state index < -0.39 is 10.0 Å². The first-order valence-electron chi connectivity index (χ1n) is 6.31. The van der Waals surface area contributed by atoms with Crippen LogP contribution >= 0.6 is 0 Å². The van der Waals surface area contributed by atoms with E-state index in [-0.39, 0.29) is 10.5 Å². The molecule has 0 atom stereocenters. The highest BCUT2D eigenvalue weighted by Crippen LogP contribution is 2.20. The third-order valence-corrected chi connectivity index (χ3v) is 5.36. The molecule has 1 fully saturated rings. The number of nitriles is 1. The molecular formula is C13H17N3O2S. The van der Waals surface area contributed by atoms with Crippen LogP contribution < -0.4 is 0 Å². The minimum absolute atomic E-state index is 0.113. The van der Waals surface area contributed by atoms with E-state index in [0.717, 1.165) is 19.6 Å². The molecule has 1 aliphatic heterocycles. The van der Waals surface area contributed by atoms with Crippen molar-refractivity contribution in [3.8, 4) is 6.07 Å². The van der Waals surface area contributed by atoms with Gasteiger partial charge in [-0.3, -0.25) is 0 Å². The summed E-state index contributed by atoms with van der Waals surface area (Å²) in [5, 5.41) is 9.02. The highest BCUT2D eigenvalue weighted by Gasteiger charge is 2.29. The van der Waals surface area contributed by atoms with Crippen molar-refractivity contribution in [3.05, 3.63) is 29.8 Å². The largest absolute Gasteiger partial charge is 0.301 e. The van der Waals surface area contributed by atoms with Gasteiger partial charge in [0.1, 0.15) is 6.07 Å². The predicted octanol–water partition coefficient (Wildman–Crippen LogP) is 0.884. The fourth-order valence-corrected chi connectivity index (χ4v) is 3.77. The highest BCUT2D eigenvalue weighted by molar-refractivity contribution is 7.89. The van der Waals surface area contributed by atoms with Gasteiger partial charge in [-0.05, 0) is 18.7 Å². The Morgan fingerprint density at radius 2 is 1.84 bits per heavy atom. The summed E-state index contributed by atoms with van der Waals surface area (Å²) in [5.41, 5.74) is 0.209. The van der Waals surface area contributed by atoms with E-state index in [1.165, 1.54) is 16.4 Å². The standard InChI is InChI=1S/C13H17N3O2S/c1-2-15-7-9-16(10-8-15)19(17,18)13-6-4-3-5-12(13)11-14/h3-6H,2,7-10H2,1H3. The Kier molecular flexibility index (Phi) is 4.20. The molecule has 2 rings (SSSR count). The topological polar surface area (TPSA) is 64.4 Å². The molecule has 0 N–H and O–H groups in total. The molecule has 0 radical (unpaired) electrons. The lowest BCUT2D eigenvalue weighted by atomic mass is 10.2. The average Bonchev–Trinajstić information content (AvgIpc) is 2.47. The Bertz CT molecular complexity index is 584. The van der Waals surface area contributed by atoms with Crippen molar-refractivity contribution >= 4 is 10.0 Å². The molecule has 0 amide bonds. The Morgan fingerprint density at radius 1 is 1.21 bits per heavy atom. The zero-order valence-electron chi connectivity index (χ0n) is 10.9. The van der Waals surface area contributed by atoms with Gasteiger partial charge in [0, 0.05) is 26.2 Å². The van der Waals surface area contributed by atoms with E-state index >= 15 is 0 Å². The first kappa shape index (κ1) is 14.0. The van der Waals surface area contributed by atoms with E-state index in [2.05, 4.69) is 11.8 Å². The maximum atomic E-state index is 12.5. The van der Waals surface area contributed by atoms with Crippen molar-refractivity contribution in [1.82, 2.24) is 9.21 Å². The zero-order valence-corrected chi connectivity index (χ0v) is 11.7. The Morgan fingerprint density at radius 3 is 2.42 bits per heavy atom. The van der Waals surface area contributed by atoms with Gasteiger partial charge in [-0.1, -0.05) is 19.1 Å². The van der Waals surface area contributed by atoms with Crippen LogP contribution in [0.4, 0.5) is 0 Å². The molecule has 5 nitrogen and oxygen atoms in total. The smallest absolute Gasteiger partial charge is 0.244 e. The van der Waals surface area contributed by atoms with E-state index in [4.69, 9.17) is 5.26 Å². The van der Waals surface area contributed by atoms with Crippen LogP contribution in [0.2, 0.25) is 0 Å². The van der Waals surface area contributed by atoms with Gasteiger partial charge in [0.15, 0.2) is 0 Å². The normalized spacial score (nSPS) is 18.1. The number of nitrogens with zero attached hydrogens (tertiary/aromatic N) is 3. The number of piperazine rings is 1. The van der Waals surface area contributed by atoms with E-state index in [9.17, 15) is 8.42 Å². The third-order valence-electron chi connectivity index (χ3n) is 3.40. The number of rotatable bonds is 3. The predicted molar refractivity (Wildman–Crippen MR) is 72.0 cm³/mol. The highest BCUT2D eigenvalue weighted by atomic mass is 32.2. The van der Waals surface area contributed by atoms with Crippen LogP contribution in [0.3, 0.4) is 0 Å². The maximum Gasteiger partial charge on any atom is 0.244 e. The van der Waals surface area contributed by atoms with Gasteiger partial charge in [0.05, 0.1) is 10.5 Å². The molecule has 0 saturated carbocycles. The Hall–Kier alpha value is -1.42. The fourth-order valence-electron chi connectivity index (χ4n) is 2.21. The van der Waals surface area contributed by atoms with Crippen LogP contribution in [0.1, 0.15) is 12.5 Å². The minimum atomic E-state index is -3.55. The lowest BCUT2D eigenvalue weighted by Gasteiger charge is -2.33. The second kappa shape index (κ2) is 5.70. The van der Waals surface area contributed by atoms with E-state index in [1.807, 2.05) is 6.07 Å². The Labute approximate surface area is 114 Å². The average molecular weight is 279 g/mol. The van der Waals surface area contributed by atoms with Gasteiger partial charge in [0.2, 0.25) is 10.0 Å². The van der Waals surface area contributed by atoms with Crippen LogP contribution in [0.25, 0.3) is 0 Å². The van der Waals surface area contributed by atoms with Crippen LogP contribution in [0.15, 0.2) is 29.2 Å². The molecule has 102 valence electrons. The van der Waals surface area contributed by atoms with Gasteiger partial charge in [-0.25, -0.2) is 8.42 Å². The molecule has 0 aromatic heterocycles. The molecule has 1 heterocycles. The second-order valence-corrected chi connectivity index (χ2v) is 6.35. The van der Waals surface area contributed by atoms with Crippen LogP contribution in [0, 0.1) is 11.3 Å². The molecule has 1 aliphatic rings. The summed E-state index contributed by atoms with van der Waals surface area (Å²) in [6.07, 6.45) is 0. The number of hydrogen-bond acceptors (Lipinski definition) is 4. The van der Waals surface area contributed by atoms with Crippen LogP contribution in [-0.4, -0.2) is 50.3 Å². The molecule has 0 unspecified atom stereocenters. The van der Waals surface area contributed by atoms with Gasteiger partial charge in [0.25, 0.3) is 0 Å². The van der Waals surface area contributed by atoms with E-state index in [0.29, 0.717) is 13.1 Å². The summed E-state index contributed by atoms with van der Waals surface area (Å²) >= 11 is 0. The third kappa shape index (κ3) is 2.78. The summed E-state index contributed by atoms with van der Waals surface area (Å²) in [4.78, 5) is 2.32. The molecule has 0 aliphatic carbocycles. The quantitative estimate of drug-likeness (QED) is 0.824. The van der Waals surface area contributed by atoms with Crippen LogP contribution in [0.5, 0.6) is 0 Å². The van der Waals surface area contributed by atoms with Crippen LogP contribution in [-0.2, 0) is 10.0 Å². The lowest BCUT2D eigenvalue weighted by molar-refractivity contribution is 0.196. The van der Waals surface area contributed by atoms with Gasteiger partial charge in [-0.15, -0.1) is 0 Å². The van der Waals surface area contributed by atoms with Crippen molar-refractivity contribution in [2.24, 2.45) is 0 Å². The number of likely N-dealkylation sites (N-methyl/N-ethyl adjacent to an activating group) is 1. The van der Waals surface area contributed by atoms with Crippen molar-refractivity contribution in [2.75, 3.05) is 32.7 Å². The molecule has 19 heavy (non-hydrogen) atoms. The first-order chi connectivity index (χ1) is 9.09. The molecule has 0 bridgehead atoms. The summed E-state index contributed by atoms with van der Waals surface area (Å²) in [6, 6.07) is 8.30. The van der Waals surface area contributed by atoms with Crippen molar-refractivity contribution < 1.29 is 8.42 Å². The van der Waals surface area contributed by atoms with Crippen molar-refractivity contribution in [1.29, 1.82) is 5.26 Å².